The van der Waals surface area contributed by atoms with Crippen LogP contribution in [0, 0.1) is 17.6 Å². The summed E-state index contributed by atoms with van der Waals surface area (Å²) < 4.78 is 55.8. The van der Waals surface area contributed by atoms with E-state index in [1.807, 2.05) is 6.07 Å². The minimum atomic E-state index is -3.04. The molecule has 0 fully saturated rings. The minimum absolute atomic E-state index is 0.0489. The van der Waals surface area contributed by atoms with E-state index in [0.717, 1.165) is 16.9 Å². The van der Waals surface area contributed by atoms with E-state index in [9.17, 15) is 46.6 Å². The number of hydrogen-bond acceptors (Lipinski definition) is 7. The van der Waals surface area contributed by atoms with Crippen molar-refractivity contribution in [3.8, 4) is 0 Å². The number of fused-ring (bicyclic) bond motifs is 1. The van der Waals surface area contributed by atoms with Crippen molar-refractivity contribution in [1.82, 2.24) is 16.0 Å². The number of carboxylic acid groups (broad SMARTS) is 2. The Morgan fingerprint density at radius 3 is 2.18 bits per heavy atom. The van der Waals surface area contributed by atoms with E-state index >= 15 is 0 Å². The van der Waals surface area contributed by atoms with Crippen LogP contribution in [0.4, 0.5) is 23.2 Å². The van der Waals surface area contributed by atoms with Gasteiger partial charge in [0.1, 0.15) is 34.1 Å². The summed E-state index contributed by atoms with van der Waals surface area (Å²) >= 11 is 1.00. The molecule has 3 aromatic rings. The maximum atomic E-state index is 14.3. The topological polar surface area (TPSA) is 174 Å². The zero-order valence-electron chi connectivity index (χ0n) is 27.0. The van der Waals surface area contributed by atoms with Gasteiger partial charge in [-0.15, -0.1) is 11.3 Å². The molecule has 0 saturated heterocycles. The fraction of sp³-hybridized carbons (Fsp3) is 0.382. The summed E-state index contributed by atoms with van der Waals surface area (Å²) in [5, 5.41) is 30.7. The number of rotatable bonds is 16. The largest absolute Gasteiger partial charge is 0.478 e. The molecule has 6 N–H and O–H groups in total. The van der Waals surface area contributed by atoms with Crippen LogP contribution in [0.25, 0.3) is 0 Å². The van der Waals surface area contributed by atoms with Crippen LogP contribution >= 0.6 is 11.3 Å². The number of halogens is 4. The predicted molar refractivity (Wildman–Crippen MR) is 175 cm³/mol. The summed E-state index contributed by atoms with van der Waals surface area (Å²) in [7, 11) is 0. The summed E-state index contributed by atoms with van der Waals surface area (Å²) in [4.78, 5) is 63.6. The number of thiophene rings is 1. The lowest BCUT2D eigenvalue weighted by atomic mass is 9.86. The molecule has 0 saturated carbocycles. The van der Waals surface area contributed by atoms with E-state index in [1.54, 1.807) is 43.5 Å². The molecule has 1 aromatic heterocycles. The molecule has 3 unspecified atom stereocenters. The Kier molecular flexibility index (Phi) is 12.2. The Morgan fingerprint density at radius 2 is 1.58 bits per heavy atom. The van der Waals surface area contributed by atoms with Gasteiger partial charge in [-0.3, -0.25) is 14.4 Å². The van der Waals surface area contributed by atoms with Crippen LogP contribution in [0.5, 0.6) is 0 Å². The number of para-hydroxylation sites is 1. The average Bonchev–Trinajstić information content (AvgIpc) is 3.66. The van der Waals surface area contributed by atoms with E-state index in [0.29, 0.717) is 23.4 Å². The second-order valence-corrected chi connectivity index (χ2v) is 13.3. The first-order valence-electron chi connectivity index (χ1n) is 15.6. The summed E-state index contributed by atoms with van der Waals surface area (Å²) in [6.07, 6.45) is -4.45. The van der Waals surface area contributed by atoms with Crippen LogP contribution in [-0.4, -0.2) is 70.5 Å². The molecular weight excluding hydrogens is 684 g/mol. The summed E-state index contributed by atoms with van der Waals surface area (Å²) in [5.74, 6) is -7.88. The third kappa shape index (κ3) is 9.16. The van der Waals surface area contributed by atoms with Crippen molar-refractivity contribution in [2.24, 2.45) is 5.92 Å². The number of carbonyl (C=O) groups is 5. The van der Waals surface area contributed by atoms with Gasteiger partial charge in [-0.25, -0.2) is 27.2 Å². The summed E-state index contributed by atoms with van der Waals surface area (Å²) in [6, 6.07) is 6.86. The summed E-state index contributed by atoms with van der Waals surface area (Å²) in [5.41, 5.74) is -0.742. The first-order chi connectivity index (χ1) is 23.6. The van der Waals surface area contributed by atoms with Gasteiger partial charge < -0.3 is 31.5 Å². The monoisotopic (exact) mass is 720 g/mol. The van der Waals surface area contributed by atoms with E-state index in [4.69, 9.17) is 5.11 Å². The molecule has 16 heteroatoms. The number of alkyl halides is 2. The number of anilines is 1. The fourth-order valence-electron chi connectivity index (χ4n) is 5.82. The van der Waals surface area contributed by atoms with Crippen LogP contribution in [0.15, 0.2) is 47.8 Å². The molecule has 4 rings (SSSR count). The first kappa shape index (κ1) is 37.8. The molecule has 2 aromatic carbocycles. The number of benzene rings is 2. The normalized spacial score (nSPS) is 16.3. The van der Waals surface area contributed by atoms with Crippen molar-refractivity contribution in [2.45, 2.75) is 70.0 Å². The Labute approximate surface area is 288 Å². The molecule has 11 nitrogen and oxygen atoms in total. The molecule has 0 aliphatic carbocycles. The number of nitrogens with one attached hydrogen (secondary N) is 4. The highest BCUT2D eigenvalue weighted by molar-refractivity contribution is 7.12. The SMILES string of the molecule is CC(C)CC(NC(=O)C1(Cc2ccsc2C(=O)O)Cc2ccccc2N1)C(=O)NC(CC(F)F)C(=O)NCCc1c(F)cc(C(=O)O)cc1F. The number of hydrogen-bond donors (Lipinski definition) is 6. The minimum Gasteiger partial charge on any atom is -0.478 e. The molecule has 268 valence electrons. The van der Waals surface area contributed by atoms with Gasteiger partial charge in [0.05, 0.1) is 5.56 Å². The van der Waals surface area contributed by atoms with Crippen molar-refractivity contribution < 1.29 is 51.7 Å². The van der Waals surface area contributed by atoms with Crippen LogP contribution in [-0.2, 0) is 33.6 Å². The van der Waals surface area contributed by atoms with Gasteiger partial charge in [-0.05, 0) is 59.5 Å². The predicted octanol–water partition coefficient (Wildman–Crippen LogP) is 4.40. The maximum absolute atomic E-state index is 14.3. The van der Waals surface area contributed by atoms with Gasteiger partial charge in [-0.2, -0.15) is 0 Å². The summed E-state index contributed by atoms with van der Waals surface area (Å²) in [6.45, 7) is 3.10. The van der Waals surface area contributed by atoms with Crippen LogP contribution in [0.1, 0.15) is 63.4 Å². The lowest BCUT2D eigenvalue weighted by Crippen LogP contribution is -2.60. The second-order valence-electron chi connectivity index (χ2n) is 12.4. The highest BCUT2D eigenvalue weighted by Gasteiger charge is 2.46. The van der Waals surface area contributed by atoms with Gasteiger partial charge >= 0.3 is 11.9 Å². The fourth-order valence-corrected chi connectivity index (χ4v) is 6.58. The van der Waals surface area contributed by atoms with E-state index in [2.05, 4.69) is 21.3 Å². The van der Waals surface area contributed by atoms with Crippen molar-refractivity contribution in [1.29, 1.82) is 0 Å². The van der Waals surface area contributed by atoms with E-state index < -0.39 is 95.9 Å². The number of amides is 3. The third-order valence-corrected chi connectivity index (χ3v) is 9.13. The quantitative estimate of drug-likeness (QED) is 0.118. The van der Waals surface area contributed by atoms with Crippen molar-refractivity contribution in [3.63, 3.8) is 0 Å². The zero-order valence-corrected chi connectivity index (χ0v) is 27.8. The van der Waals surface area contributed by atoms with Crippen molar-refractivity contribution in [3.05, 3.63) is 86.6 Å². The molecule has 0 bridgehead atoms. The molecule has 3 atom stereocenters. The number of carbonyl (C=O) groups excluding carboxylic acids is 3. The van der Waals surface area contributed by atoms with Gasteiger partial charge in [0.15, 0.2) is 0 Å². The highest BCUT2D eigenvalue weighted by Crippen LogP contribution is 2.36. The Hall–Kier alpha value is -4.99. The van der Waals surface area contributed by atoms with Gasteiger partial charge in [0.2, 0.25) is 24.1 Å². The molecular formula is C34H36F4N4O7S. The lowest BCUT2D eigenvalue weighted by Gasteiger charge is -2.32. The van der Waals surface area contributed by atoms with E-state index in [1.165, 1.54) is 0 Å². The number of aromatic carboxylic acids is 2. The Morgan fingerprint density at radius 1 is 0.920 bits per heavy atom. The van der Waals surface area contributed by atoms with Gasteiger partial charge in [0.25, 0.3) is 0 Å². The third-order valence-electron chi connectivity index (χ3n) is 8.19. The smallest absolute Gasteiger partial charge is 0.346 e. The molecule has 3 amide bonds. The second kappa shape index (κ2) is 16.1. The molecule has 0 spiro atoms. The molecule has 0 radical (unpaired) electrons. The van der Waals surface area contributed by atoms with Crippen LogP contribution in [0.3, 0.4) is 0 Å². The van der Waals surface area contributed by atoms with Gasteiger partial charge in [-0.1, -0.05) is 32.0 Å². The van der Waals surface area contributed by atoms with Crippen LogP contribution < -0.4 is 21.3 Å². The lowest BCUT2D eigenvalue weighted by molar-refractivity contribution is -0.134. The first-order valence-corrected chi connectivity index (χ1v) is 16.5. The molecule has 2 heterocycles. The number of carboxylic acids is 2. The van der Waals surface area contributed by atoms with Crippen LogP contribution in [0.2, 0.25) is 0 Å². The average molecular weight is 721 g/mol. The molecule has 1 aliphatic rings. The van der Waals surface area contributed by atoms with Crippen molar-refractivity contribution in [2.75, 3.05) is 11.9 Å². The standard InChI is InChI=1S/C34H36F4N4O7S/c1-17(2)11-25(41-33(49)34(15-18-5-3-4-6-24(18)42-34)16-19-8-10-50-28(19)32(47)48)30(44)40-26(14-27(37)38)29(43)39-9-7-21-22(35)12-20(31(45)46)13-23(21)36/h3-6,8,10,12-13,17,25-27,42H,7,9,11,14-16H2,1-2H3,(H,39,43)(H,40,44)(H,41,49)(H,45,46)(H,47,48). The highest BCUT2D eigenvalue weighted by atomic mass is 32.1. The van der Waals surface area contributed by atoms with Crippen molar-refractivity contribution >= 4 is 46.7 Å². The van der Waals surface area contributed by atoms with E-state index in [-0.39, 0.29) is 30.1 Å². The Bertz CT molecular complexity index is 1720. The Balaban J connectivity index is 1.51. The molecule has 50 heavy (non-hydrogen) atoms. The maximum Gasteiger partial charge on any atom is 0.346 e. The molecule has 1 aliphatic heterocycles. The van der Waals surface area contributed by atoms with Gasteiger partial charge in [0, 0.05) is 37.1 Å². The zero-order chi connectivity index (χ0) is 36.7.